The molecule has 0 spiro atoms. The second-order valence-electron chi connectivity index (χ2n) is 4.53. The molecule has 0 fully saturated rings. The van der Waals surface area contributed by atoms with Crippen LogP contribution >= 0.6 is 15.9 Å². The van der Waals surface area contributed by atoms with Crippen molar-refractivity contribution in [2.75, 3.05) is 13.2 Å². The first-order valence-electron chi connectivity index (χ1n) is 6.49. The quantitative estimate of drug-likeness (QED) is 0.839. The van der Waals surface area contributed by atoms with Crippen LogP contribution in [0.4, 0.5) is 0 Å². The van der Waals surface area contributed by atoms with Gasteiger partial charge in [0.1, 0.15) is 13.2 Å². The van der Waals surface area contributed by atoms with E-state index in [1.807, 2.05) is 12.1 Å². The highest BCUT2D eigenvalue weighted by atomic mass is 79.9. The summed E-state index contributed by atoms with van der Waals surface area (Å²) in [6, 6.07) is 3.77. The molecule has 2 rings (SSSR count). The van der Waals surface area contributed by atoms with Crippen LogP contribution in [0.5, 0.6) is 11.5 Å². The summed E-state index contributed by atoms with van der Waals surface area (Å²) in [6.07, 6.45) is 3.69. The van der Waals surface area contributed by atoms with Crippen molar-refractivity contribution in [2.45, 2.75) is 38.7 Å². The topological polar surface area (TPSA) is 38.7 Å². The average molecular weight is 315 g/mol. The van der Waals surface area contributed by atoms with Gasteiger partial charge in [-0.3, -0.25) is 0 Å². The van der Waals surface area contributed by atoms with Crippen molar-refractivity contribution in [1.82, 2.24) is 0 Å². The monoisotopic (exact) mass is 314 g/mol. The highest BCUT2D eigenvalue weighted by Gasteiger charge is 2.18. The molecular weight excluding hydrogens is 296 g/mol. The van der Waals surface area contributed by atoms with E-state index in [9.17, 15) is 5.11 Å². The van der Waals surface area contributed by atoms with Gasteiger partial charge in [0, 0.05) is 4.47 Å². The Hall–Kier alpha value is -0.740. The number of hydrogen-bond donors (Lipinski definition) is 1. The Morgan fingerprint density at radius 2 is 1.89 bits per heavy atom. The Labute approximate surface area is 116 Å². The maximum atomic E-state index is 10.2. The number of halogens is 1. The number of aliphatic hydroxyl groups is 1. The molecule has 0 aliphatic carbocycles. The average Bonchev–Trinajstić information content (AvgIpc) is 2.38. The van der Waals surface area contributed by atoms with Gasteiger partial charge in [-0.25, -0.2) is 0 Å². The van der Waals surface area contributed by atoms with E-state index in [4.69, 9.17) is 9.47 Å². The first-order chi connectivity index (χ1) is 8.72. The van der Waals surface area contributed by atoms with E-state index in [1.54, 1.807) is 0 Å². The summed E-state index contributed by atoms with van der Waals surface area (Å²) >= 11 is 3.49. The van der Waals surface area contributed by atoms with Crippen molar-refractivity contribution >= 4 is 15.9 Å². The second kappa shape index (κ2) is 6.43. The molecule has 0 amide bonds. The van der Waals surface area contributed by atoms with Gasteiger partial charge < -0.3 is 14.6 Å². The highest BCUT2D eigenvalue weighted by Crippen LogP contribution is 2.38. The van der Waals surface area contributed by atoms with Gasteiger partial charge in [0.2, 0.25) is 0 Å². The molecule has 1 unspecified atom stereocenters. The van der Waals surface area contributed by atoms with Crippen molar-refractivity contribution in [3.63, 3.8) is 0 Å². The number of benzene rings is 1. The van der Waals surface area contributed by atoms with Crippen LogP contribution < -0.4 is 9.47 Å². The largest absolute Gasteiger partial charge is 0.486 e. The minimum absolute atomic E-state index is 0.443. The summed E-state index contributed by atoms with van der Waals surface area (Å²) in [5.41, 5.74) is 0.885. The van der Waals surface area contributed by atoms with Crippen molar-refractivity contribution in [1.29, 1.82) is 0 Å². The Morgan fingerprint density at radius 3 is 2.56 bits per heavy atom. The number of fused-ring (bicyclic) bond motifs is 1. The summed E-state index contributed by atoms with van der Waals surface area (Å²) in [5, 5.41) is 10.2. The van der Waals surface area contributed by atoms with Gasteiger partial charge in [-0.1, -0.05) is 42.1 Å². The Kier molecular flexibility index (Phi) is 4.89. The highest BCUT2D eigenvalue weighted by molar-refractivity contribution is 9.10. The van der Waals surface area contributed by atoms with E-state index >= 15 is 0 Å². The van der Waals surface area contributed by atoms with Crippen LogP contribution in [0.3, 0.4) is 0 Å². The molecule has 1 N–H and O–H groups in total. The molecule has 0 saturated heterocycles. The summed E-state index contributed by atoms with van der Waals surface area (Å²) in [4.78, 5) is 0. The fourth-order valence-corrected chi connectivity index (χ4v) is 2.66. The van der Waals surface area contributed by atoms with Crippen LogP contribution in [0.2, 0.25) is 0 Å². The third-order valence-corrected chi connectivity index (χ3v) is 3.79. The van der Waals surface area contributed by atoms with Gasteiger partial charge in [-0.15, -0.1) is 0 Å². The maximum Gasteiger partial charge on any atom is 0.162 e. The van der Waals surface area contributed by atoms with Crippen molar-refractivity contribution < 1.29 is 14.6 Å². The summed E-state index contributed by atoms with van der Waals surface area (Å²) in [5.74, 6) is 1.48. The van der Waals surface area contributed by atoms with Crippen LogP contribution in [-0.4, -0.2) is 18.3 Å². The lowest BCUT2D eigenvalue weighted by Gasteiger charge is -2.21. The fraction of sp³-hybridized carbons (Fsp3) is 0.571. The molecule has 0 aromatic heterocycles. The molecular formula is C14H19BrO3. The van der Waals surface area contributed by atoms with E-state index in [2.05, 4.69) is 22.9 Å². The van der Waals surface area contributed by atoms with E-state index in [0.717, 1.165) is 47.2 Å². The Bertz CT molecular complexity index is 406. The lowest BCUT2D eigenvalue weighted by molar-refractivity contribution is 0.156. The number of hydrogen-bond acceptors (Lipinski definition) is 3. The fourth-order valence-electron chi connectivity index (χ4n) is 2.08. The minimum Gasteiger partial charge on any atom is -0.486 e. The Morgan fingerprint density at radius 1 is 1.22 bits per heavy atom. The summed E-state index contributed by atoms with van der Waals surface area (Å²) in [6.45, 7) is 3.31. The second-order valence-corrected chi connectivity index (χ2v) is 5.38. The van der Waals surface area contributed by atoms with Crippen LogP contribution in [0.1, 0.15) is 44.3 Å². The number of aliphatic hydroxyl groups excluding tert-OH is 1. The zero-order valence-corrected chi connectivity index (χ0v) is 12.2. The molecule has 0 radical (unpaired) electrons. The summed E-state index contributed by atoms with van der Waals surface area (Å²) < 4.78 is 11.9. The predicted molar refractivity (Wildman–Crippen MR) is 74.2 cm³/mol. The van der Waals surface area contributed by atoms with Gasteiger partial charge >= 0.3 is 0 Å². The van der Waals surface area contributed by atoms with E-state index in [0.29, 0.717) is 13.2 Å². The summed E-state index contributed by atoms with van der Waals surface area (Å²) in [7, 11) is 0. The minimum atomic E-state index is -0.443. The van der Waals surface area contributed by atoms with Crippen LogP contribution in [0, 0.1) is 0 Å². The maximum absolute atomic E-state index is 10.2. The van der Waals surface area contributed by atoms with Crippen LogP contribution in [0.15, 0.2) is 16.6 Å². The molecule has 0 saturated carbocycles. The molecule has 3 nitrogen and oxygen atoms in total. The molecule has 1 aromatic carbocycles. The SMILES string of the molecule is CCCCCC(O)c1cc2c(cc1Br)OCCO2. The van der Waals surface area contributed by atoms with E-state index < -0.39 is 6.10 Å². The van der Waals surface area contributed by atoms with Gasteiger partial charge in [-0.2, -0.15) is 0 Å². The predicted octanol–water partition coefficient (Wildman–Crippen LogP) is 3.83. The molecule has 1 aliphatic rings. The normalized spacial score (nSPS) is 15.5. The van der Waals surface area contributed by atoms with Gasteiger partial charge in [-0.05, 0) is 24.1 Å². The Balaban J connectivity index is 2.12. The van der Waals surface area contributed by atoms with Gasteiger partial charge in [0.15, 0.2) is 11.5 Å². The zero-order chi connectivity index (χ0) is 13.0. The van der Waals surface area contributed by atoms with E-state index in [1.165, 1.54) is 0 Å². The zero-order valence-electron chi connectivity index (χ0n) is 10.6. The lowest BCUT2D eigenvalue weighted by Crippen LogP contribution is -2.16. The third kappa shape index (κ3) is 3.18. The smallest absolute Gasteiger partial charge is 0.162 e. The van der Waals surface area contributed by atoms with Gasteiger partial charge in [0.05, 0.1) is 6.10 Å². The van der Waals surface area contributed by atoms with Crippen molar-refractivity contribution in [3.8, 4) is 11.5 Å². The van der Waals surface area contributed by atoms with Crippen LogP contribution in [0.25, 0.3) is 0 Å². The molecule has 4 heteroatoms. The van der Waals surface area contributed by atoms with Crippen molar-refractivity contribution in [2.24, 2.45) is 0 Å². The molecule has 100 valence electrons. The molecule has 0 bridgehead atoms. The van der Waals surface area contributed by atoms with E-state index in [-0.39, 0.29) is 0 Å². The first-order valence-corrected chi connectivity index (χ1v) is 7.28. The molecule has 18 heavy (non-hydrogen) atoms. The van der Waals surface area contributed by atoms with Crippen molar-refractivity contribution in [3.05, 3.63) is 22.2 Å². The first kappa shape index (κ1) is 13.7. The number of rotatable bonds is 5. The molecule has 1 heterocycles. The number of unbranched alkanes of at least 4 members (excludes halogenated alkanes) is 2. The molecule has 1 atom stereocenters. The van der Waals surface area contributed by atoms with Gasteiger partial charge in [0.25, 0.3) is 0 Å². The standard InChI is InChI=1S/C14H19BrO3/c1-2-3-4-5-12(16)10-8-13-14(9-11(10)15)18-7-6-17-13/h8-9,12,16H,2-7H2,1H3. The molecule has 1 aromatic rings. The number of ether oxygens (including phenoxy) is 2. The lowest BCUT2D eigenvalue weighted by atomic mass is 10.0. The molecule has 1 aliphatic heterocycles. The van der Waals surface area contributed by atoms with Crippen LogP contribution in [-0.2, 0) is 0 Å². The third-order valence-electron chi connectivity index (χ3n) is 3.10.